The van der Waals surface area contributed by atoms with Gasteiger partial charge >= 0.3 is 0 Å². The monoisotopic (exact) mass is 380 g/mol. The molecule has 2 N–H and O–H groups in total. The Hall–Kier alpha value is -0.300. The van der Waals surface area contributed by atoms with Crippen LogP contribution in [0.1, 0.15) is 26.7 Å². The van der Waals surface area contributed by atoms with Crippen molar-refractivity contribution in [2.75, 3.05) is 12.3 Å². The average molecular weight is 382 g/mol. The highest BCUT2D eigenvalue weighted by Crippen LogP contribution is 2.36. The third-order valence-electron chi connectivity index (χ3n) is 3.64. The predicted octanol–water partition coefficient (Wildman–Crippen LogP) is 3.49. The maximum absolute atomic E-state index is 12.9. The van der Waals surface area contributed by atoms with Crippen molar-refractivity contribution in [3.05, 3.63) is 21.6 Å². The van der Waals surface area contributed by atoms with E-state index in [4.69, 9.17) is 17.3 Å². The van der Waals surface area contributed by atoms with E-state index in [2.05, 4.69) is 15.9 Å². The fourth-order valence-electron chi connectivity index (χ4n) is 2.63. The fraction of sp³-hybridized carbons (Fsp3) is 0.538. The normalized spacial score (nSPS) is 20.8. The first-order valence-corrected chi connectivity index (χ1v) is 9.12. The van der Waals surface area contributed by atoms with Crippen LogP contribution in [0.15, 0.2) is 21.5 Å². The highest BCUT2D eigenvalue weighted by molar-refractivity contribution is 9.10. The van der Waals surface area contributed by atoms with Crippen molar-refractivity contribution in [2.24, 2.45) is 5.92 Å². The van der Waals surface area contributed by atoms with E-state index in [1.807, 2.05) is 13.8 Å². The molecule has 112 valence electrons. The van der Waals surface area contributed by atoms with E-state index < -0.39 is 10.0 Å². The summed E-state index contributed by atoms with van der Waals surface area (Å²) in [6.07, 6.45) is 1.78. The summed E-state index contributed by atoms with van der Waals surface area (Å²) in [7, 11) is -3.59. The fourth-order valence-corrected chi connectivity index (χ4v) is 5.71. The van der Waals surface area contributed by atoms with Gasteiger partial charge in [0.1, 0.15) is 0 Å². The second-order valence-electron chi connectivity index (χ2n) is 5.38. The number of halogens is 2. The van der Waals surface area contributed by atoms with E-state index in [0.717, 1.165) is 12.8 Å². The van der Waals surface area contributed by atoms with Gasteiger partial charge in [0, 0.05) is 23.3 Å². The van der Waals surface area contributed by atoms with Crippen molar-refractivity contribution in [1.82, 2.24) is 4.31 Å². The molecule has 1 aromatic carbocycles. The van der Waals surface area contributed by atoms with Crippen LogP contribution in [-0.4, -0.2) is 25.3 Å². The molecule has 0 radical (unpaired) electrons. The highest BCUT2D eigenvalue weighted by atomic mass is 79.9. The van der Waals surface area contributed by atoms with Gasteiger partial charge in [-0.3, -0.25) is 0 Å². The molecule has 20 heavy (non-hydrogen) atoms. The number of anilines is 1. The standard InChI is InChI=1S/C13H18BrClN2O2S/c1-8(2)11-4-3-5-17(11)20(18,19)12-7-9(15)6-10(16)13(12)14/h6-8,11H,3-5,16H2,1-2H3. The van der Waals surface area contributed by atoms with Crippen molar-refractivity contribution in [1.29, 1.82) is 0 Å². The van der Waals surface area contributed by atoms with Gasteiger partial charge in [0.05, 0.1) is 9.37 Å². The second kappa shape index (κ2) is 5.83. The van der Waals surface area contributed by atoms with E-state index in [0.29, 0.717) is 21.7 Å². The first-order valence-electron chi connectivity index (χ1n) is 6.51. The molecule has 0 aromatic heterocycles. The van der Waals surface area contributed by atoms with Gasteiger partial charge in [0.25, 0.3) is 0 Å². The summed E-state index contributed by atoms with van der Waals surface area (Å²) in [5.41, 5.74) is 6.13. The zero-order chi connectivity index (χ0) is 15.1. The van der Waals surface area contributed by atoms with Crippen LogP contribution in [0.25, 0.3) is 0 Å². The highest BCUT2D eigenvalue weighted by Gasteiger charge is 2.38. The summed E-state index contributed by atoms with van der Waals surface area (Å²) < 4.78 is 27.7. The lowest BCUT2D eigenvalue weighted by atomic mass is 10.0. The van der Waals surface area contributed by atoms with E-state index >= 15 is 0 Å². The number of benzene rings is 1. The Balaban J connectivity index is 2.51. The molecule has 1 aliphatic heterocycles. The van der Waals surface area contributed by atoms with Crippen LogP contribution in [0.2, 0.25) is 5.02 Å². The number of rotatable bonds is 3. The van der Waals surface area contributed by atoms with E-state index in [1.54, 1.807) is 4.31 Å². The summed E-state index contributed by atoms with van der Waals surface area (Å²) in [5.74, 6) is 0.280. The Morgan fingerprint density at radius 2 is 2.10 bits per heavy atom. The molecule has 0 saturated carbocycles. The molecule has 1 fully saturated rings. The summed E-state index contributed by atoms with van der Waals surface area (Å²) in [5, 5.41) is 0.324. The van der Waals surface area contributed by atoms with Gasteiger partial charge in [0.15, 0.2) is 0 Å². The molecule has 1 atom stereocenters. The summed E-state index contributed by atoms with van der Waals surface area (Å²) in [6, 6.07) is 3.02. The van der Waals surface area contributed by atoms with Gasteiger partial charge in [0.2, 0.25) is 10.0 Å². The molecule has 1 saturated heterocycles. The van der Waals surface area contributed by atoms with Crippen LogP contribution >= 0.6 is 27.5 Å². The first kappa shape index (κ1) is 16.1. The van der Waals surface area contributed by atoms with E-state index in [-0.39, 0.29) is 16.9 Å². The van der Waals surface area contributed by atoms with Crippen molar-refractivity contribution in [3.8, 4) is 0 Å². The van der Waals surface area contributed by atoms with Crippen LogP contribution < -0.4 is 5.73 Å². The minimum Gasteiger partial charge on any atom is -0.398 e. The number of nitrogens with two attached hydrogens (primary N) is 1. The van der Waals surface area contributed by atoms with E-state index in [9.17, 15) is 8.42 Å². The van der Waals surface area contributed by atoms with Crippen LogP contribution in [-0.2, 0) is 10.0 Å². The number of nitrogen functional groups attached to an aromatic ring is 1. The van der Waals surface area contributed by atoms with Crippen LogP contribution in [0, 0.1) is 5.92 Å². The molecule has 2 rings (SSSR count). The minimum absolute atomic E-state index is 0.0344. The van der Waals surface area contributed by atoms with Gasteiger partial charge in [-0.1, -0.05) is 25.4 Å². The van der Waals surface area contributed by atoms with Crippen molar-refractivity contribution in [2.45, 2.75) is 37.6 Å². The second-order valence-corrected chi connectivity index (χ2v) is 8.46. The smallest absolute Gasteiger partial charge is 0.244 e. The molecular formula is C13H18BrClN2O2S. The first-order chi connectivity index (χ1) is 9.25. The molecule has 7 heteroatoms. The van der Waals surface area contributed by atoms with Gasteiger partial charge in [-0.05, 0) is 46.8 Å². The Kier molecular flexibility index (Phi) is 4.69. The molecule has 1 aromatic rings. The van der Waals surface area contributed by atoms with Crippen molar-refractivity contribution >= 4 is 43.2 Å². The number of nitrogens with zero attached hydrogens (tertiary/aromatic N) is 1. The Labute approximate surface area is 133 Å². The van der Waals surface area contributed by atoms with Gasteiger partial charge in [-0.2, -0.15) is 4.31 Å². The third kappa shape index (κ3) is 2.84. The van der Waals surface area contributed by atoms with Crippen LogP contribution in [0.5, 0.6) is 0 Å². The van der Waals surface area contributed by atoms with Crippen molar-refractivity contribution in [3.63, 3.8) is 0 Å². The van der Waals surface area contributed by atoms with Gasteiger partial charge in [-0.25, -0.2) is 8.42 Å². The molecule has 0 amide bonds. The number of sulfonamides is 1. The molecule has 1 heterocycles. The topological polar surface area (TPSA) is 63.4 Å². The zero-order valence-electron chi connectivity index (χ0n) is 11.4. The minimum atomic E-state index is -3.59. The largest absolute Gasteiger partial charge is 0.398 e. The molecule has 1 aliphatic rings. The molecule has 0 aliphatic carbocycles. The SMILES string of the molecule is CC(C)C1CCCN1S(=O)(=O)c1cc(Cl)cc(N)c1Br. The van der Waals surface area contributed by atoms with Gasteiger partial charge < -0.3 is 5.73 Å². The number of hydrogen-bond acceptors (Lipinski definition) is 3. The number of hydrogen-bond donors (Lipinski definition) is 1. The summed E-state index contributed by atoms with van der Waals surface area (Å²) in [6.45, 7) is 4.63. The van der Waals surface area contributed by atoms with Crippen LogP contribution in [0.4, 0.5) is 5.69 Å². The maximum atomic E-state index is 12.9. The maximum Gasteiger partial charge on any atom is 0.244 e. The lowest BCUT2D eigenvalue weighted by Crippen LogP contribution is -2.38. The van der Waals surface area contributed by atoms with E-state index in [1.165, 1.54) is 12.1 Å². The van der Waals surface area contributed by atoms with Gasteiger partial charge in [-0.15, -0.1) is 0 Å². The molecule has 1 unspecified atom stereocenters. The molecular weight excluding hydrogens is 364 g/mol. The van der Waals surface area contributed by atoms with Crippen LogP contribution in [0.3, 0.4) is 0 Å². The Bertz CT molecular complexity index is 619. The quantitative estimate of drug-likeness (QED) is 0.815. The Morgan fingerprint density at radius 3 is 2.70 bits per heavy atom. The molecule has 0 spiro atoms. The summed E-state index contributed by atoms with van der Waals surface area (Å²) in [4.78, 5) is 0.148. The Morgan fingerprint density at radius 1 is 1.45 bits per heavy atom. The van der Waals surface area contributed by atoms with Crippen molar-refractivity contribution < 1.29 is 8.42 Å². The molecule has 0 bridgehead atoms. The zero-order valence-corrected chi connectivity index (χ0v) is 14.6. The summed E-state index contributed by atoms with van der Waals surface area (Å²) >= 11 is 9.21. The lowest BCUT2D eigenvalue weighted by molar-refractivity contribution is 0.315. The average Bonchev–Trinajstić information content (AvgIpc) is 2.83. The third-order valence-corrected chi connectivity index (χ3v) is 6.95. The molecule has 4 nitrogen and oxygen atoms in total. The predicted molar refractivity (Wildman–Crippen MR) is 85.3 cm³/mol. The lowest BCUT2D eigenvalue weighted by Gasteiger charge is -2.27.